The molecule has 0 aliphatic carbocycles. The number of fused-ring (bicyclic) bond motifs is 27. The summed E-state index contributed by atoms with van der Waals surface area (Å²) in [6, 6.07) is 93.5. The maximum absolute atomic E-state index is 14.5. The van der Waals surface area contributed by atoms with Gasteiger partial charge >= 0.3 is 0 Å². The van der Waals surface area contributed by atoms with Gasteiger partial charge in [-0.15, -0.1) is 0 Å². The lowest BCUT2D eigenvalue weighted by Crippen LogP contribution is -2.21. The number of nitrogens with zero attached hydrogens (tertiary/aromatic N) is 6. The van der Waals surface area contributed by atoms with Gasteiger partial charge in [-0.2, -0.15) is 0 Å². The lowest BCUT2D eigenvalue weighted by molar-refractivity contribution is 0.0930. The number of rotatable bonds is 7. The molecule has 7 heterocycles. The number of aromatic amines is 5. The molecule has 0 saturated carbocycles. The van der Waals surface area contributed by atoms with Crippen LogP contribution in [0, 0.1) is 20.8 Å². The Morgan fingerprint density at radius 3 is 1.33 bits per heavy atom. The van der Waals surface area contributed by atoms with Crippen LogP contribution < -0.4 is 11.5 Å². The van der Waals surface area contributed by atoms with E-state index in [0.717, 1.165) is 161 Å². The van der Waals surface area contributed by atoms with Gasteiger partial charge in [0.15, 0.2) is 5.82 Å². The van der Waals surface area contributed by atoms with E-state index in [4.69, 9.17) is 31.4 Å². The van der Waals surface area contributed by atoms with Crippen LogP contribution in [0.3, 0.4) is 0 Å². The van der Waals surface area contributed by atoms with Gasteiger partial charge in [0.05, 0.1) is 55.6 Å². The average Bonchev–Trinajstić information content (AvgIpc) is 1.54. The molecule has 0 unspecified atom stereocenters. The number of nitrogens with one attached hydrogen (secondary N) is 5. The molecule has 122 heavy (non-hydrogen) atoms. The number of hydrogen-bond acceptors (Lipinski definition) is 9. The Morgan fingerprint density at radius 1 is 0.352 bits per heavy atom. The molecule has 0 spiro atoms. The molecule has 0 atom stereocenters. The predicted octanol–water partition coefficient (Wildman–Crippen LogP) is 26.9. The van der Waals surface area contributed by atoms with Crippen molar-refractivity contribution in [2.24, 2.45) is 5.73 Å². The zero-order chi connectivity index (χ0) is 83.1. The first-order chi connectivity index (χ1) is 59.4. The van der Waals surface area contributed by atoms with Crippen molar-refractivity contribution in [3.05, 3.63) is 332 Å². The van der Waals surface area contributed by atoms with E-state index in [1.165, 1.54) is 58.2 Å². The van der Waals surface area contributed by atoms with Crippen LogP contribution in [0.25, 0.3) is 209 Å². The summed E-state index contributed by atoms with van der Waals surface area (Å²) in [7, 11) is -4.06. The lowest BCUT2D eigenvalue weighted by atomic mass is 9.97. The van der Waals surface area contributed by atoms with E-state index in [-0.39, 0.29) is 17.3 Å². The van der Waals surface area contributed by atoms with Crippen LogP contribution >= 0.6 is 63.7 Å². The third-order valence-corrected chi connectivity index (χ3v) is 26.9. The SMILES string of the molecule is Brc1ccc(-c2nc3c4ccccc4c4ccccc4c3[nH]2)cc1.Cc1ccc(S(=O)(=O)n2c(-c3c[nH]c4ccc(Br)cc34)nc3c4ccccc4c4ccc(N)cc4c32)cc1.Cc1ccc2c3ccc(C)cc3c3[nH]c(-c4c[nH]c5ccc(Br)cc45)nc3c2c1.NCC(=O)n1c(-c2c[nH]c3ccc(Br)cc23)nc2c3ccccc3c3ccccc3c21. The Labute approximate surface area is 730 Å². The van der Waals surface area contributed by atoms with Gasteiger partial charge in [-0.3, -0.25) is 9.36 Å². The van der Waals surface area contributed by atoms with Crippen LogP contribution in [0.4, 0.5) is 5.69 Å². The molecule has 17 aromatic carbocycles. The Kier molecular flexibility index (Phi) is 18.8. The van der Waals surface area contributed by atoms with Crippen molar-refractivity contribution >= 4 is 248 Å². The van der Waals surface area contributed by atoms with Crippen molar-refractivity contribution in [2.45, 2.75) is 25.7 Å². The van der Waals surface area contributed by atoms with E-state index in [0.29, 0.717) is 33.9 Å². The molecule has 0 fully saturated rings. The highest BCUT2D eigenvalue weighted by Gasteiger charge is 2.31. The monoisotopic (exact) mass is 1860 g/mol. The number of aromatic nitrogens is 11. The molecular weight excluding hydrogens is 1790 g/mol. The zero-order valence-electron chi connectivity index (χ0n) is 65.5. The minimum atomic E-state index is -4.06. The van der Waals surface area contributed by atoms with Gasteiger partial charge in [-0.25, -0.2) is 32.3 Å². The highest BCUT2D eigenvalue weighted by Crippen LogP contribution is 2.46. The second-order valence-electron chi connectivity index (χ2n) is 30.7. The zero-order valence-corrected chi connectivity index (χ0v) is 72.6. The summed E-state index contributed by atoms with van der Waals surface area (Å²) in [5.41, 5.74) is 29.8. The Balaban J connectivity index is 0.000000101. The lowest BCUT2D eigenvalue weighted by Gasteiger charge is -2.13. The van der Waals surface area contributed by atoms with Gasteiger partial charge in [0.25, 0.3) is 10.0 Å². The molecular formula is C101H69Br4N13O3S. The van der Waals surface area contributed by atoms with E-state index in [2.05, 4.69) is 230 Å². The summed E-state index contributed by atoms with van der Waals surface area (Å²) >= 11 is 14.2. The molecule has 0 saturated heterocycles. The smallest absolute Gasteiger partial charge is 0.270 e. The van der Waals surface area contributed by atoms with Crippen LogP contribution in [0.2, 0.25) is 0 Å². The molecule has 16 nitrogen and oxygen atoms in total. The molecule has 24 rings (SSSR count). The van der Waals surface area contributed by atoms with Crippen LogP contribution in [0.1, 0.15) is 21.5 Å². The second kappa shape index (κ2) is 30.1. The van der Waals surface area contributed by atoms with Gasteiger partial charge in [-0.05, 0) is 167 Å². The molecule has 0 bridgehead atoms. The standard InChI is InChI=1S/C30H21BrN4O2S.C25H17BrN4O.C25H18BrN3.C21H13BrN2/c1-17-6-10-20(11-7-17)38(36,37)35-29-25-15-19(32)9-12-22(25)21-4-2-3-5-23(21)28(29)34-30(35)26-16-33-27-13-8-18(31)14-24(26)27;26-14-9-10-21-19(11-14)20(13-28-21)25-29-23-17-7-3-1-5-15(17)16-6-2-4-8-18(16)24(23)30(25)22(31)12-27;1-13-3-6-16-17-7-4-14(2)10-20(17)24-23(19(16)9-13)28-25(29-24)21-12-27-22-8-5-15(26)11-18(21)22;22-14-11-9-13(10-12-14)21-23-19-17-7-3-1-5-15(17)16-6-2-4-8-18(16)20(19)24-21/h2-16,33H,32H2,1H3;1-11,13,28H,12,27H2;3-12,27H,1-2H3,(H,28,29);1-12H,(H,23,24). The number of benzene rings is 17. The van der Waals surface area contributed by atoms with Crippen molar-refractivity contribution in [1.29, 1.82) is 0 Å². The summed E-state index contributed by atoms with van der Waals surface area (Å²) < 4.78 is 36.0. The highest BCUT2D eigenvalue weighted by molar-refractivity contribution is 9.11. The van der Waals surface area contributed by atoms with Gasteiger partial charge in [0.1, 0.15) is 17.5 Å². The van der Waals surface area contributed by atoms with Crippen molar-refractivity contribution < 1.29 is 13.2 Å². The Bertz CT molecular complexity index is 8460. The molecule has 0 aliphatic heterocycles. The van der Waals surface area contributed by atoms with Gasteiger partial charge in [0.2, 0.25) is 5.91 Å². The fourth-order valence-electron chi connectivity index (χ4n) is 17.5. The topological polar surface area (TPSA) is 244 Å². The molecule has 0 amide bonds. The first-order valence-corrected chi connectivity index (χ1v) is 44.2. The van der Waals surface area contributed by atoms with Crippen molar-refractivity contribution in [3.8, 4) is 45.6 Å². The third kappa shape index (κ3) is 12.8. The number of nitrogen functional groups attached to an aromatic ring is 1. The Morgan fingerprint density at radius 2 is 0.754 bits per heavy atom. The normalized spacial score (nSPS) is 11.9. The molecule has 24 aromatic rings. The van der Waals surface area contributed by atoms with Crippen LogP contribution in [-0.2, 0) is 10.0 Å². The van der Waals surface area contributed by atoms with Crippen molar-refractivity contribution in [2.75, 3.05) is 12.3 Å². The molecule has 7 aromatic heterocycles. The number of carbonyl (C=O) groups is 1. The third-order valence-electron chi connectivity index (χ3n) is 23.2. The Hall–Kier alpha value is -13.4. The van der Waals surface area contributed by atoms with E-state index < -0.39 is 10.0 Å². The fourth-order valence-corrected chi connectivity index (χ4v) is 20.3. The van der Waals surface area contributed by atoms with Crippen molar-refractivity contribution in [3.63, 3.8) is 0 Å². The first-order valence-electron chi connectivity index (χ1n) is 39.6. The minimum absolute atomic E-state index is 0.105. The van der Waals surface area contributed by atoms with Crippen LogP contribution in [0.15, 0.2) is 320 Å². The van der Waals surface area contributed by atoms with E-state index in [1.807, 2.05) is 153 Å². The van der Waals surface area contributed by atoms with Gasteiger partial charge in [-0.1, -0.05) is 256 Å². The average molecular weight is 1860 g/mol. The number of nitrogens with two attached hydrogens (primary N) is 2. The highest BCUT2D eigenvalue weighted by atomic mass is 79.9. The minimum Gasteiger partial charge on any atom is -0.399 e. The largest absolute Gasteiger partial charge is 0.399 e. The molecule has 9 N–H and O–H groups in total. The summed E-state index contributed by atoms with van der Waals surface area (Å²) in [6.07, 6.45) is 5.76. The molecule has 21 heteroatoms. The number of imidazole rings is 4. The second-order valence-corrected chi connectivity index (χ2v) is 36.2. The number of H-pyrrole nitrogens is 5. The maximum Gasteiger partial charge on any atom is 0.270 e. The molecule has 0 aliphatic rings. The van der Waals surface area contributed by atoms with Crippen LogP contribution in [0.5, 0.6) is 0 Å². The molecule has 590 valence electrons. The summed E-state index contributed by atoms with van der Waals surface area (Å²) in [4.78, 5) is 50.6. The van der Waals surface area contributed by atoms with Crippen LogP contribution in [-0.4, -0.2) is 74.3 Å². The number of aryl methyl sites for hydroxylation is 3. The predicted molar refractivity (Wildman–Crippen MR) is 517 cm³/mol. The van der Waals surface area contributed by atoms with E-state index in [9.17, 15) is 13.2 Å². The number of anilines is 1. The quantitative estimate of drug-likeness (QED) is 0.0592. The number of carbonyl (C=O) groups excluding carboxylic acids is 1. The first kappa shape index (κ1) is 76.0. The van der Waals surface area contributed by atoms with Gasteiger partial charge < -0.3 is 36.4 Å². The summed E-state index contributed by atoms with van der Waals surface area (Å²) in [5.74, 6) is 2.53. The number of hydrogen-bond donors (Lipinski definition) is 7. The molecule has 0 radical (unpaired) electrons. The van der Waals surface area contributed by atoms with Crippen molar-refractivity contribution in [1.82, 2.24) is 53.4 Å². The fraction of sp³-hybridized carbons (Fsp3) is 0.0396. The number of halogens is 4. The van der Waals surface area contributed by atoms with E-state index >= 15 is 0 Å². The van der Waals surface area contributed by atoms with Gasteiger partial charge in [0, 0.05) is 140 Å². The summed E-state index contributed by atoms with van der Waals surface area (Å²) in [5, 5.41) is 20.5. The van der Waals surface area contributed by atoms with E-state index in [1.54, 1.807) is 28.8 Å². The maximum atomic E-state index is 14.5. The summed E-state index contributed by atoms with van der Waals surface area (Å²) in [6.45, 7) is 6.10.